The molecule has 184 valence electrons. The monoisotopic (exact) mass is 478 g/mol. The van der Waals surface area contributed by atoms with E-state index < -0.39 is 5.78 Å². The number of hydrogen-bond donors (Lipinski definition) is 2. The number of aromatic nitrogens is 1. The number of rotatable bonds is 7. The number of Topliss-reactive ketones (excluding diaryl/α,β-unsaturated/α-hetero) is 1. The van der Waals surface area contributed by atoms with Gasteiger partial charge in [0.05, 0.1) is 20.3 Å². The van der Waals surface area contributed by atoms with E-state index in [1.165, 1.54) is 6.07 Å². The molecule has 1 saturated heterocycles. The summed E-state index contributed by atoms with van der Waals surface area (Å²) in [6.07, 6.45) is 3.84. The summed E-state index contributed by atoms with van der Waals surface area (Å²) in [5.41, 5.74) is 3.01. The van der Waals surface area contributed by atoms with Crippen molar-refractivity contribution in [2.75, 3.05) is 40.0 Å². The summed E-state index contributed by atoms with van der Waals surface area (Å²) in [5, 5.41) is 20.9. The van der Waals surface area contributed by atoms with Gasteiger partial charge in [0.2, 0.25) is 5.78 Å². The molecule has 2 aliphatic rings. The van der Waals surface area contributed by atoms with Gasteiger partial charge in [0, 0.05) is 53.9 Å². The molecular formula is C27H30N2O6. The molecule has 5 rings (SSSR count). The van der Waals surface area contributed by atoms with Crippen molar-refractivity contribution in [2.24, 2.45) is 0 Å². The number of phenols is 2. The molecule has 0 radical (unpaired) electrons. The van der Waals surface area contributed by atoms with E-state index in [0.29, 0.717) is 0 Å². The average molecular weight is 479 g/mol. The minimum absolute atomic E-state index is 0.0659. The number of ether oxygens (including phenoxy) is 3. The lowest BCUT2D eigenvalue weighted by atomic mass is 10.1. The molecule has 0 amide bonds. The van der Waals surface area contributed by atoms with Crippen LogP contribution in [-0.4, -0.2) is 65.4 Å². The highest BCUT2D eigenvalue weighted by molar-refractivity contribution is 6.17. The second-order valence-electron chi connectivity index (χ2n) is 8.97. The van der Waals surface area contributed by atoms with Crippen LogP contribution >= 0.6 is 0 Å². The molecule has 35 heavy (non-hydrogen) atoms. The molecule has 8 nitrogen and oxygen atoms in total. The van der Waals surface area contributed by atoms with Crippen LogP contribution in [0.1, 0.15) is 34.5 Å². The normalized spacial score (nSPS) is 17.2. The highest BCUT2D eigenvalue weighted by atomic mass is 16.5. The van der Waals surface area contributed by atoms with Crippen molar-refractivity contribution in [3.63, 3.8) is 0 Å². The van der Waals surface area contributed by atoms with E-state index >= 15 is 0 Å². The highest BCUT2D eigenvalue weighted by Crippen LogP contribution is 2.41. The van der Waals surface area contributed by atoms with Crippen molar-refractivity contribution in [1.82, 2.24) is 9.47 Å². The van der Waals surface area contributed by atoms with E-state index in [4.69, 9.17) is 14.2 Å². The van der Waals surface area contributed by atoms with E-state index in [2.05, 4.69) is 9.47 Å². The molecule has 1 fully saturated rings. The molecule has 0 spiro atoms. The predicted octanol–water partition coefficient (Wildman–Crippen LogP) is 4.10. The molecule has 8 heteroatoms. The smallest absolute Gasteiger partial charge is 0.235 e. The number of allylic oxidation sites excluding steroid dienone is 1. The number of aryl methyl sites for hydroxylation is 1. The Morgan fingerprint density at radius 3 is 2.63 bits per heavy atom. The number of aromatic hydroxyl groups is 2. The number of methoxy groups -OCH3 is 1. The maximum atomic E-state index is 13.0. The Hall–Kier alpha value is -3.49. The van der Waals surface area contributed by atoms with E-state index in [-0.39, 0.29) is 28.6 Å². The number of ketones is 1. The van der Waals surface area contributed by atoms with Crippen LogP contribution in [0.3, 0.4) is 0 Å². The molecule has 2 aromatic carbocycles. The van der Waals surface area contributed by atoms with Gasteiger partial charge in [-0.3, -0.25) is 9.69 Å². The van der Waals surface area contributed by atoms with Crippen molar-refractivity contribution in [3.8, 4) is 23.0 Å². The van der Waals surface area contributed by atoms with Gasteiger partial charge in [-0.2, -0.15) is 0 Å². The first kappa shape index (κ1) is 23.3. The predicted molar refractivity (Wildman–Crippen MR) is 132 cm³/mol. The summed E-state index contributed by atoms with van der Waals surface area (Å²) in [5.74, 6) is 0.121. The van der Waals surface area contributed by atoms with Crippen LogP contribution in [0.4, 0.5) is 0 Å². The Kier molecular flexibility index (Phi) is 6.40. The summed E-state index contributed by atoms with van der Waals surface area (Å²) in [4.78, 5) is 15.4. The Balaban J connectivity index is 1.44. The highest BCUT2D eigenvalue weighted by Gasteiger charge is 2.32. The molecule has 0 aliphatic carbocycles. The second-order valence-corrected chi connectivity index (χ2v) is 8.97. The first-order chi connectivity index (χ1) is 17.0. The molecule has 0 saturated carbocycles. The molecule has 3 aromatic rings. The van der Waals surface area contributed by atoms with Gasteiger partial charge < -0.3 is 29.0 Å². The lowest BCUT2D eigenvalue weighted by Crippen LogP contribution is -2.36. The van der Waals surface area contributed by atoms with Crippen LogP contribution in [-0.2, 0) is 11.3 Å². The third-order valence-corrected chi connectivity index (χ3v) is 6.80. The maximum Gasteiger partial charge on any atom is 0.235 e. The van der Waals surface area contributed by atoms with Crippen LogP contribution in [0, 0.1) is 6.92 Å². The molecule has 3 heterocycles. The number of morpholine rings is 1. The fourth-order valence-electron chi connectivity index (χ4n) is 4.92. The lowest BCUT2D eigenvalue weighted by molar-refractivity contribution is 0.0371. The number of hydrogen-bond acceptors (Lipinski definition) is 7. The number of carbonyl (C=O) groups excluding carboxylic acids is 1. The van der Waals surface area contributed by atoms with Crippen LogP contribution in [0.25, 0.3) is 17.0 Å². The first-order valence-corrected chi connectivity index (χ1v) is 11.9. The van der Waals surface area contributed by atoms with Crippen molar-refractivity contribution in [2.45, 2.75) is 26.3 Å². The van der Waals surface area contributed by atoms with Gasteiger partial charge in [0.15, 0.2) is 5.76 Å². The first-order valence-electron chi connectivity index (χ1n) is 11.9. The second kappa shape index (κ2) is 9.64. The largest absolute Gasteiger partial charge is 0.508 e. The van der Waals surface area contributed by atoms with Crippen molar-refractivity contribution in [3.05, 3.63) is 52.9 Å². The zero-order valence-electron chi connectivity index (χ0n) is 20.0. The van der Waals surface area contributed by atoms with Gasteiger partial charge in [-0.05, 0) is 50.6 Å². The lowest BCUT2D eigenvalue weighted by Gasteiger charge is -2.26. The summed E-state index contributed by atoms with van der Waals surface area (Å²) < 4.78 is 18.9. The minimum atomic E-state index is -0.411. The van der Waals surface area contributed by atoms with Gasteiger partial charge >= 0.3 is 0 Å². The quantitative estimate of drug-likeness (QED) is 0.390. The summed E-state index contributed by atoms with van der Waals surface area (Å²) >= 11 is 0. The van der Waals surface area contributed by atoms with E-state index in [1.807, 2.05) is 25.1 Å². The van der Waals surface area contributed by atoms with E-state index in [9.17, 15) is 15.0 Å². The number of nitrogens with zero attached hydrogens (tertiary/aromatic N) is 2. The van der Waals surface area contributed by atoms with E-state index in [1.54, 1.807) is 13.2 Å². The molecular weight excluding hydrogens is 448 g/mol. The molecule has 0 unspecified atom stereocenters. The van der Waals surface area contributed by atoms with Gasteiger partial charge in [-0.25, -0.2) is 0 Å². The average Bonchev–Trinajstić information content (AvgIpc) is 3.30. The van der Waals surface area contributed by atoms with Crippen molar-refractivity contribution < 1.29 is 29.2 Å². The third kappa shape index (κ3) is 4.47. The van der Waals surface area contributed by atoms with Gasteiger partial charge in [-0.15, -0.1) is 0 Å². The zero-order chi connectivity index (χ0) is 24.5. The Labute approximate surface area is 203 Å². The molecule has 2 aliphatic heterocycles. The summed E-state index contributed by atoms with van der Waals surface area (Å²) in [6, 6.07) is 8.43. The van der Waals surface area contributed by atoms with Crippen LogP contribution in [0.5, 0.6) is 23.0 Å². The minimum Gasteiger partial charge on any atom is -0.508 e. The molecule has 1 aromatic heterocycles. The summed E-state index contributed by atoms with van der Waals surface area (Å²) in [7, 11) is 1.63. The van der Waals surface area contributed by atoms with Crippen molar-refractivity contribution >= 4 is 22.8 Å². The standard InChI is InChI=1S/C27H30N2O6/c1-17-20(16-25-27(32)26-23(31)13-18(30)14-24(26)35-25)21-15-19(33-2)5-6-22(21)29(17)8-4-3-7-28-9-11-34-12-10-28/h5-6,13-16,30-31H,3-4,7-12H2,1-2H3/b25-16-. The number of benzene rings is 2. The van der Waals surface area contributed by atoms with Gasteiger partial charge in [-0.1, -0.05) is 0 Å². The Morgan fingerprint density at radius 1 is 1.09 bits per heavy atom. The maximum absolute atomic E-state index is 13.0. The van der Waals surface area contributed by atoms with E-state index in [0.717, 1.165) is 86.2 Å². The Bertz CT molecular complexity index is 1300. The van der Waals surface area contributed by atoms with Crippen LogP contribution < -0.4 is 9.47 Å². The number of unbranched alkanes of at least 4 members (excludes halogenated alkanes) is 1. The van der Waals surface area contributed by atoms with Gasteiger partial charge in [0.25, 0.3) is 0 Å². The number of fused-ring (bicyclic) bond motifs is 2. The number of phenolic OH excluding ortho intramolecular Hbond substituents is 2. The SMILES string of the molecule is COc1ccc2c(c1)c(/C=C1\Oc3cc(O)cc(O)c3C1=O)c(C)n2CCCCN1CCOCC1. The third-order valence-electron chi connectivity index (χ3n) is 6.80. The molecule has 0 atom stereocenters. The fraction of sp³-hybridized carbons (Fsp3) is 0.370. The summed E-state index contributed by atoms with van der Waals surface area (Å²) in [6.45, 7) is 7.55. The van der Waals surface area contributed by atoms with Crippen LogP contribution in [0.2, 0.25) is 0 Å². The fourth-order valence-corrected chi connectivity index (χ4v) is 4.92. The Morgan fingerprint density at radius 2 is 1.86 bits per heavy atom. The van der Waals surface area contributed by atoms with Crippen LogP contribution in [0.15, 0.2) is 36.1 Å². The molecule has 2 N–H and O–H groups in total. The number of carbonyl (C=O) groups is 1. The van der Waals surface area contributed by atoms with Gasteiger partial charge in [0.1, 0.15) is 28.6 Å². The van der Waals surface area contributed by atoms with Crippen molar-refractivity contribution in [1.29, 1.82) is 0 Å². The zero-order valence-corrected chi connectivity index (χ0v) is 20.0. The topological polar surface area (TPSA) is 93.4 Å². The molecule has 0 bridgehead atoms.